The van der Waals surface area contributed by atoms with E-state index in [1.165, 1.54) is 0 Å². The highest BCUT2D eigenvalue weighted by Crippen LogP contribution is 2.08. The van der Waals surface area contributed by atoms with E-state index < -0.39 is 17.8 Å². The van der Waals surface area contributed by atoms with Crippen molar-refractivity contribution in [3.8, 4) is 0 Å². The molecule has 0 aromatic rings. The number of carbonyl (C=O) groups is 1. The molecule has 5 nitrogen and oxygen atoms in total. The summed E-state index contributed by atoms with van der Waals surface area (Å²) in [6.07, 6.45) is -0.311. The van der Waals surface area contributed by atoms with Crippen LogP contribution in [-0.4, -0.2) is 42.0 Å². The number of alkyl carbamates (subject to hydrolysis) is 1. The second-order valence-corrected chi connectivity index (χ2v) is 4.81. The van der Waals surface area contributed by atoms with Crippen LogP contribution in [0.15, 0.2) is 0 Å². The molecule has 1 heterocycles. The van der Waals surface area contributed by atoms with E-state index in [-0.39, 0.29) is 6.04 Å². The van der Waals surface area contributed by atoms with Gasteiger partial charge in [-0.2, -0.15) is 0 Å². The molecule has 3 N–H and O–H groups in total. The Kier molecular flexibility index (Phi) is 3.93. The number of nitrogens with one attached hydrogen (secondary N) is 2. The van der Waals surface area contributed by atoms with Crippen LogP contribution in [0.1, 0.15) is 27.2 Å². The largest absolute Gasteiger partial charge is 0.444 e. The maximum atomic E-state index is 11.4. The first-order valence-electron chi connectivity index (χ1n) is 5.27. The predicted octanol–water partition coefficient (Wildman–Crippen LogP) is 0.234. The van der Waals surface area contributed by atoms with Crippen LogP contribution in [0.25, 0.3) is 0 Å². The molecule has 1 aliphatic heterocycles. The standard InChI is InChI=1S/C10H20N2O3/c1-10(2,3)15-9(14)12-7-6-11-5-4-8(7)13/h7-8,11,13H,4-6H2,1-3H3,(H,12,14)/t7?,8-/m1/s1. The number of hydrogen-bond acceptors (Lipinski definition) is 4. The van der Waals surface area contributed by atoms with Gasteiger partial charge in [0.05, 0.1) is 12.1 Å². The van der Waals surface area contributed by atoms with Gasteiger partial charge < -0.3 is 20.5 Å². The molecule has 88 valence electrons. The molecule has 1 unspecified atom stereocenters. The van der Waals surface area contributed by atoms with Crippen LogP contribution in [0.4, 0.5) is 4.79 Å². The van der Waals surface area contributed by atoms with Crippen LogP contribution < -0.4 is 10.6 Å². The van der Waals surface area contributed by atoms with Gasteiger partial charge in [-0.1, -0.05) is 0 Å². The van der Waals surface area contributed by atoms with Gasteiger partial charge in [0.1, 0.15) is 5.60 Å². The molecule has 0 spiro atoms. The lowest BCUT2D eigenvalue weighted by molar-refractivity contribution is 0.0383. The van der Waals surface area contributed by atoms with Crippen LogP contribution in [0.5, 0.6) is 0 Å². The summed E-state index contributed by atoms with van der Waals surface area (Å²) in [5.74, 6) is 0. The molecule has 2 atom stereocenters. The summed E-state index contributed by atoms with van der Waals surface area (Å²) < 4.78 is 5.10. The van der Waals surface area contributed by atoms with Gasteiger partial charge in [-0.15, -0.1) is 0 Å². The molecule has 5 heteroatoms. The molecule has 0 aromatic heterocycles. The summed E-state index contributed by atoms with van der Waals surface area (Å²) in [5, 5.41) is 15.4. The Morgan fingerprint density at radius 2 is 2.20 bits per heavy atom. The lowest BCUT2D eigenvalue weighted by atomic mass is 10.0. The van der Waals surface area contributed by atoms with Crippen molar-refractivity contribution in [2.75, 3.05) is 13.1 Å². The molecule has 0 saturated carbocycles. The van der Waals surface area contributed by atoms with Crippen molar-refractivity contribution in [3.63, 3.8) is 0 Å². The Hall–Kier alpha value is -0.810. The number of aliphatic hydroxyl groups excluding tert-OH is 1. The van der Waals surface area contributed by atoms with Crippen molar-refractivity contribution in [1.82, 2.24) is 10.6 Å². The molecule has 1 fully saturated rings. The van der Waals surface area contributed by atoms with Crippen molar-refractivity contribution in [1.29, 1.82) is 0 Å². The highest BCUT2D eigenvalue weighted by atomic mass is 16.6. The highest BCUT2D eigenvalue weighted by molar-refractivity contribution is 5.68. The number of amides is 1. The minimum atomic E-state index is -0.503. The average molecular weight is 216 g/mol. The second kappa shape index (κ2) is 4.81. The minimum Gasteiger partial charge on any atom is -0.444 e. The fraction of sp³-hybridized carbons (Fsp3) is 0.900. The van der Waals surface area contributed by atoms with Crippen LogP contribution in [0.2, 0.25) is 0 Å². The van der Waals surface area contributed by atoms with E-state index in [4.69, 9.17) is 4.74 Å². The third-order valence-electron chi connectivity index (χ3n) is 2.15. The third kappa shape index (κ3) is 4.48. The molecule has 1 aliphatic rings. The molecule has 0 aromatic carbocycles. The first kappa shape index (κ1) is 12.3. The topological polar surface area (TPSA) is 70.6 Å². The number of hydrogen-bond donors (Lipinski definition) is 3. The fourth-order valence-electron chi connectivity index (χ4n) is 1.45. The molecule has 15 heavy (non-hydrogen) atoms. The van der Waals surface area contributed by atoms with Crippen molar-refractivity contribution >= 4 is 6.09 Å². The van der Waals surface area contributed by atoms with E-state index in [1.807, 2.05) is 20.8 Å². The first-order chi connectivity index (χ1) is 6.88. The van der Waals surface area contributed by atoms with Gasteiger partial charge in [0, 0.05) is 6.54 Å². The molecule has 1 amide bonds. The van der Waals surface area contributed by atoms with E-state index in [1.54, 1.807) is 0 Å². The summed E-state index contributed by atoms with van der Waals surface area (Å²) in [5.41, 5.74) is -0.503. The van der Waals surface area contributed by atoms with E-state index in [2.05, 4.69) is 10.6 Å². The predicted molar refractivity (Wildman–Crippen MR) is 56.7 cm³/mol. The number of ether oxygens (including phenoxy) is 1. The zero-order valence-electron chi connectivity index (χ0n) is 9.54. The third-order valence-corrected chi connectivity index (χ3v) is 2.15. The summed E-state index contributed by atoms with van der Waals surface area (Å²) in [7, 11) is 0. The fourth-order valence-corrected chi connectivity index (χ4v) is 1.45. The minimum absolute atomic E-state index is 0.256. The van der Waals surface area contributed by atoms with Crippen LogP contribution in [0, 0.1) is 0 Å². The maximum Gasteiger partial charge on any atom is 0.408 e. The normalized spacial score (nSPS) is 27.2. The summed E-state index contributed by atoms with van der Waals surface area (Å²) in [4.78, 5) is 11.4. The van der Waals surface area contributed by atoms with E-state index >= 15 is 0 Å². The Bertz CT molecular complexity index is 225. The Morgan fingerprint density at radius 1 is 1.53 bits per heavy atom. The molecule has 0 radical (unpaired) electrons. The smallest absolute Gasteiger partial charge is 0.408 e. The Labute approximate surface area is 90.2 Å². The van der Waals surface area contributed by atoms with Gasteiger partial charge in [-0.25, -0.2) is 4.79 Å². The first-order valence-corrected chi connectivity index (χ1v) is 5.27. The van der Waals surface area contributed by atoms with E-state index in [0.29, 0.717) is 13.0 Å². The van der Waals surface area contributed by atoms with Gasteiger partial charge in [0.2, 0.25) is 0 Å². The number of aliphatic hydroxyl groups is 1. The van der Waals surface area contributed by atoms with Gasteiger partial charge in [-0.3, -0.25) is 0 Å². The van der Waals surface area contributed by atoms with E-state index in [9.17, 15) is 9.90 Å². The summed E-state index contributed by atoms with van der Waals surface area (Å²) in [6.45, 7) is 6.79. The van der Waals surface area contributed by atoms with Gasteiger partial charge in [0.25, 0.3) is 0 Å². The quantitative estimate of drug-likeness (QED) is 0.587. The van der Waals surface area contributed by atoms with Crippen molar-refractivity contribution in [2.24, 2.45) is 0 Å². The monoisotopic (exact) mass is 216 g/mol. The van der Waals surface area contributed by atoms with Crippen molar-refractivity contribution < 1.29 is 14.6 Å². The van der Waals surface area contributed by atoms with Crippen LogP contribution in [0.3, 0.4) is 0 Å². The molecule has 1 saturated heterocycles. The molecule has 0 aliphatic carbocycles. The zero-order chi connectivity index (χ0) is 11.5. The van der Waals surface area contributed by atoms with Crippen molar-refractivity contribution in [2.45, 2.75) is 44.9 Å². The Morgan fingerprint density at radius 3 is 2.73 bits per heavy atom. The zero-order valence-corrected chi connectivity index (χ0v) is 9.54. The second-order valence-electron chi connectivity index (χ2n) is 4.81. The molecular weight excluding hydrogens is 196 g/mol. The van der Waals surface area contributed by atoms with Gasteiger partial charge in [0.15, 0.2) is 0 Å². The lowest BCUT2D eigenvalue weighted by Gasteiger charge is -2.30. The number of carbonyl (C=O) groups excluding carboxylic acids is 1. The summed E-state index contributed by atoms with van der Waals surface area (Å²) in [6, 6.07) is -0.256. The number of rotatable bonds is 1. The Balaban J connectivity index is 2.36. The van der Waals surface area contributed by atoms with E-state index in [0.717, 1.165) is 6.54 Å². The van der Waals surface area contributed by atoms with Gasteiger partial charge >= 0.3 is 6.09 Å². The lowest BCUT2D eigenvalue weighted by Crippen LogP contribution is -2.54. The average Bonchev–Trinajstić information content (AvgIpc) is 2.05. The SMILES string of the molecule is CC(C)(C)OC(=O)NC1CNCC[C@H]1O. The molecule has 1 rings (SSSR count). The van der Waals surface area contributed by atoms with Gasteiger partial charge in [-0.05, 0) is 33.7 Å². The molecular formula is C10H20N2O3. The summed E-state index contributed by atoms with van der Waals surface area (Å²) >= 11 is 0. The maximum absolute atomic E-state index is 11.4. The number of piperidine rings is 1. The van der Waals surface area contributed by atoms with Crippen LogP contribution >= 0.6 is 0 Å². The molecule has 0 bridgehead atoms. The highest BCUT2D eigenvalue weighted by Gasteiger charge is 2.26. The van der Waals surface area contributed by atoms with Crippen molar-refractivity contribution in [3.05, 3.63) is 0 Å². The van der Waals surface area contributed by atoms with Crippen LogP contribution in [-0.2, 0) is 4.74 Å².